The predicted molar refractivity (Wildman–Crippen MR) is 469 cm³/mol. The lowest BCUT2D eigenvalue weighted by molar-refractivity contribution is -0.142. The Bertz CT molecular complexity index is 3300. The number of carboxylic acids is 2. The van der Waals surface area contributed by atoms with Crippen molar-refractivity contribution in [1.29, 1.82) is 0 Å². The number of rotatable bonds is 21. The van der Waals surface area contributed by atoms with E-state index in [4.69, 9.17) is 20.3 Å². The van der Waals surface area contributed by atoms with Gasteiger partial charge >= 0.3 is 24.1 Å². The van der Waals surface area contributed by atoms with Gasteiger partial charge in [-0.15, -0.1) is 24.0 Å². The SMILES string of the molecule is C.CC(C)(C)OC(=O)NC(C(=O)O)C1CCCCC1.CN[C@@H](C)C(=O)N[C@H](C(=O)N1CC[C@H]2CCCN(CCc3ccccc3)C[C@H]21)C1CCCCC1.C[C@H](C(=O)O)N(C)C(=O)OC(C)(C)C.I.N[C@H](C(=O)N1CC[C@H]2CCCN(CCc3ccccc3)C[C@H]21)C1CCCCC1.[HH].c1ccc(CCN2CCC[C@@H]3CCN[C@@H]3C2)cc1. The Labute approximate surface area is 704 Å². The number of alkyl carbamates (subject to hydrolysis) is 1. The lowest BCUT2D eigenvalue weighted by atomic mass is 9.83. The van der Waals surface area contributed by atoms with E-state index in [9.17, 15) is 38.7 Å². The van der Waals surface area contributed by atoms with Crippen molar-refractivity contribution >= 4 is 65.8 Å². The highest BCUT2D eigenvalue weighted by atomic mass is 127. The van der Waals surface area contributed by atoms with Crippen molar-refractivity contribution in [1.82, 2.24) is 50.7 Å². The summed E-state index contributed by atoms with van der Waals surface area (Å²) in [6.07, 6.45) is 30.1. The number of benzene rings is 3. The Morgan fingerprint density at radius 3 is 1.32 bits per heavy atom. The van der Waals surface area contributed by atoms with Gasteiger partial charge in [0.2, 0.25) is 17.7 Å². The normalized spacial score (nSPS) is 23.8. The average molecular weight is 1700 g/mol. The van der Waals surface area contributed by atoms with Crippen LogP contribution in [0.3, 0.4) is 0 Å². The molecule has 12 rings (SSSR count). The highest BCUT2D eigenvalue weighted by Gasteiger charge is 2.45. The molecule has 8 N–H and O–H groups in total. The Morgan fingerprint density at radius 2 is 0.912 bits per heavy atom. The summed E-state index contributed by atoms with van der Waals surface area (Å²) in [5, 5.41) is 30.2. The van der Waals surface area contributed by atoms with Crippen molar-refractivity contribution in [3.05, 3.63) is 108 Å². The minimum absolute atomic E-state index is 0. The van der Waals surface area contributed by atoms with Crippen LogP contribution in [-0.4, -0.2) is 234 Å². The van der Waals surface area contributed by atoms with Crippen LogP contribution in [0.15, 0.2) is 91.0 Å². The van der Waals surface area contributed by atoms with Crippen molar-refractivity contribution < 1.29 is 54.7 Å². The minimum Gasteiger partial charge on any atom is -0.480 e. The first kappa shape index (κ1) is 96.9. The van der Waals surface area contributed by atoms with E-state index in [0.717, 1.165) is 159 Å². The maximum absolute atomic E-state index is 14.0. The highest BCUT2D eigenvalue weighted by molar-refractivity contribution is 14.0. The number of aliphatic carboxylic acids is 2. The molecule has 11 atom stereocenters. The smallest absolute Gasteiger partial charge is 0.410 e. The number of hydrogen-bond donors (Lipinski definition) is 7. The van der Waals surface area contributed by atoms with E-state index < -0.39 is 47.4 Å². The number of carbonyl (C=O) groups is 7. The van der Waals surface area contributed by atoms with Crippen LogP contribution in [0, 0.1) is 35.5 Å². The third-order valence-electron chi connectivity index (χ3n) is 25.2. The Balaban J connectivity index is 0.000000264. The van der Waals surface area contributed by atoms with Crippen LogP contribution in [0.25, 0.3) is 0 Å². The van der Waals surface area contributed by atoms with Crippen molar-refractivity contribution in [3.63, 3.8) is 0 Å². The van der Waals surface area contributed by atoms with E-state index in [1.54, 1.807) is 48.6 Å². The first-order valence-corrected chi connectivity index (χ1v) is 43.4. The molecule has 6 saturated heterocycles. The number of nitrogens with two attached hydrogens (primary N) is 1. The molecule has 114 heavy (non-hydrogen) atoms. The molecule has 6 aliphatic heterocycles. The molecule has 9 fully saturated rings. The molecule has 3 aromatic rings. The molecule has 0 spiro atoms. The number of likely N-dealkylation sites (N-methyl/N-ethyl adjacent to an activating group) is 2. The number of nitrogens with one attached hydrogen (secondary N) is 4. The van der Waals surface area contributed by atoms with Gasteiger partial charge in [-0.1, -0.05) is 156 Å². The van der Waals surface area contributed by atoms with Crippen molar-refractivity contribution in [2.24, 2.45) is 41.2 Å². The second-order valence-electron chi connectivity index (χ2n) is 35.7. The number of likely N-dealkylation sites (tertiary alicyclic amines) is 5. The zero-order valence-corrected chi connectivity index (χ0v) is 72.9. The Kier molecular flexibility index (Phi) is 42.0. The summed E-state index contributed by atoms with van der Waals surface area (Å²) in [5.41, 5.74) is 9.53. The average Bonchev–Trinajstić information content (AvgIpc) is 1.60. The molecule has 6 heterocycles. The van der Waals surface area contributed by atoms with Crippen LogP contribution >= 0.6 is 24.0 Å². The zero-order chi connectivity index (χ0) is 80.7. The molecule has 644 valence electrons. The molecule has 9 aliphatic rings. The largest absolute Gasteiger partial charge is 0.480 e. The first-order valence-electron chi connectivity index (χ1n) is 43.4. The second kappa shape index (κ2) is 49.4. The van der Waals surface area contributed by atoms with E-state index in [1.807, 2.05) is 6.92 Å². The fraction of sp³-hybridized carbons (Fsp3) is 0.725. The van der Waals surface area contributed by atoms with Crippen LogP contribution in [0.2, 0.25) is 0 Å². The number of carboxylic acid groups (broad SMARTS) is 2. The number of ether oxygens (including phenoxy) is 2. The monoisotopic (exact) mass is 1700 g/mol. The summed E-state index contributed by atoms with van der Waals surface area (Å²) in [4.78, 5) is 98.1. The summed E-state index contributed by atoms with van der Waals surface area (Å²) < 4.78 is 10.1. The van der Waals surface area contributed by atoms with E-state index in [-0.39, 0.29) is 86.6 Å². The number of hydrogen-bond acceptors (Lipinski definition) is 15. The van der Waals surface area contributed by atoms with E-state index in [1.165, 1.54) is 140 Å². The molecular weight excluding hydrogens is 1550 g/mol. The van der Waals surface area contributed by atoms with Crippen LogP contribution in [0.1, 0.15) is 235 Å². The summed E-state index contributed by atoms with van der Waals surface area (Å²) in [6.45, 7) is 26.9. The lowest BCUT2D eigenvalue weighted by Gasteiger charge is -2.37. The van der Waals surface area contributed by atoms with Crippen molar-refractivity contribution in [2.45, 2.75) is 296 Å². The van der Waals surface area contributed by atoms with E-state index in [0.29, 0.717) is 23.8 Å². The summed E-state index contributed by atoms with van der Waals surface area (Å²) in [5.74, 6) is 1.20. The molecule has 1 unspecified atom stereocenters. The fourth-order valence-electron chi connectivity index (χ4n) is 18.4. The van der Waals surface area contributed by atoms with Gasteiger partial charge in [-0.25, -0.2) is 19.2 Å². The van der Waals surface area contributed by atoms with Gasteiger partial charge in [-0.2, -0.15) is 0 Å². The molecule has 3 aliphatic carbocycles. The van der Waals surface area contributed by atoms with Crippen molar-refractivity contribution in [3.8, 4) is 0 Å². The molecule has 0 radical (unpaired) electrons. The maximum atomic E-state index is 14.0. The standard InChI is InChI=1S/C28H44N4O2.C24H37N3O.C16H24N2.C13H23NO4.C9H17NO4.CH4.HI.H2/c1-21(29-2)27(33)30-26(24-12-7-4-8-13-24)28(34)32-19-16-23-14-9-17-31(20-25(23)32)18-15-22-10-5-3-6-11-22;25-23(21-10-5-2-6-11-21)24(28)27-17-14-20-12-7-15-26(18-22(20)27)16-13-19-8-3-1-4-9-19;1-2-5-14(6-3-1)9-12-18-11-4-7-15-8-10-17-16(15)13-18;1-13(2,3)18-12(17)14-10(11(15)16)9-7-5-4-6-8-9;1-6(7(11)12)10(5)8(13)14-9(2,3)4;;;/h3,5-6,10-11,21,23-26,29H,4,7-9,12-20H2,1-2H3,(H,30,33);1,3-4,8-9,20-23H,2,5-7,10-18,25H2;1-3,5-6,15-17H,4,7-13H2;9-10H,4-8H2,1-3H3,(H,14,17)(H,15,16);6H,1-5H3,(H,11,12);1H4;2*1H/t21-,23+,25+,26-;20-,22-,23+;15-,16-;;6-;;;/m011.1.../s1. The summed E-state index contributed by atoms with van der Waals surface area (Å²) in [6, 6.07) is 31.1. The van der Waals surface area contributed by atoms with Crippen LogP contribution < -0.4 is 27.0 Å². The minimum atomic E-state index is -1.06. The molecule has 0 aromatic heterocycles. The fourth-order valence-corrected chi connectivity index (χ4v) is 18.4. The quantitative estimate of drug-likeness (QED) is 0.0488. The van der Waals surface area contributed by atoms with Gasteiger partial charge in [0.25, 0.3) is 0 Å². The first-order chi connectivity index (χ1) is 53.6. The topological polar surface area (TPSA) is 272 Å². The van der Waals surface area contributed by atoms with Gasteiger partial charge in [-0.3, -0.25) is 19.3 Å². The molecule has 22 nitrogen and oxygen atoms in total. The molecular formula is C91H152IN11O11. The third-order valence-corrected chi connectivity index (χ3v) is 25.2. The molecule has 3 saturated carbocycles. The Morgan fingerprint density at radius 1 is 0.509 bits per heavy atom. The summed E-state index contributed by atoms with van der Waals surface area (Å²) >= 11 is 0. The predicted octanol–water partition coefficient (Wildman–Crippen LogP) is 14.3. The van der Waals surface area contributed by atoms with Crippen LogP contribution in [-0.2, 0) is 52.7 Å². The molecule has 5 amide bonds. The van der Waals surface area contributed by atoms with Gasteiger partial charge in [0, 0.05) is 79.0 Å². The molecule has 3 aromatic carbocycles. The summed E-state index contributed by atoms with van der Waals surface area (Å²) in [7, 11) is 3.19. The maximum Gasteiger partial charge on any atom is 0.410 e. The third kappa shape index (κ3) is 32.1. The molecule has 0 bridgehead atoms. The zero-order valence-electron chi connectivity index (χ0n) is 70.6. The number of carbonyl (C=O) groups excluding carboxylic acids is 5. The van der Waals surface area contributed by atoms with Gasteiger partial charge < -0.3 is 71.2 Å². The van der Waals surface area contributed by atoms with Gasteiger partial charge in [0.05, 0.1) is 12.1 Å². The van der Waals surface area contributed by atoms with Gasteiger partial charge in [0.15, 0.2) is 0 Å². The van der Waals surface area contributed by atoms with Crippen LogP contribution in [0.5, 0.6) is 0 Å². The number of halogens is 1. The number of nitrogens with zero attached hydrogens (tertiary/aromatic N) is 6. The van der Waals surface area contributed by atoms with Crippen molar-refractivity contribution in [2.75, 3.05) is 92.6 Å². The highest BCUT2D eigenvalue weighted by Crippen LogP contribution is 2.37. The Hall–Kier alpha value is -5.96. The van der Waals surface area contributed by atoms with E-state index in [2.05, 4.69) is 137 Å². The van der Waals surface area contributed by atoms with Crippen LogP contribution in [0.4, 0.5) is 9.59 Å². The molecule has 23 heteroatoms. The van der Waals surface area contributed by atoms with E-state index >= 15 is 0 Å². The number of fused-ring (bicyclic) bond motifs is 3. The second-order valence-corrected chi connectivity index (χ2v) is 35.7. The van der Waals surface area contributed by atoms with Gasteiger partial charge in [0.1, 0.15) is 29.3 Å². The lowest BCUT2D eigenvalue weighted by Crippen LogP contribution is -2.57. The van der Waals surface area contributed by atoms with Gasteiger partial charge in [-0.05, 0) is 256 Å². The number of amides is 5.